The topological polar surface area (TPSA) is 123 Å². The lowest BCUT2D eigenvalue weighted by atomic mass is 10.2. The molecule has 0 unspecified atom stereocenters. The van der Waals surface area contributed by atoms with Crippen molar-refractivity contribution in [2.24, 2.45) is 11.7 Å². The van der Waals surface area contributed by atoms with Crippen molar-refractivity contribution in [3.8, 4) is 17.2 Å². The maximum Gasteiger partial charge on any atom is 0.150 e. The number of aromatic hydroxyl groups is 1. The monoisotopic (exact) mass is 466 g/mol. The van der Waals surface area contributed by atoms with Gasteiger partial charge in [0.25, 0.3) is 0 Å². The van der Waals surface area contributed by atoms with Gasteiger partial charge in [-0.2, -0.15) is 0 Å². The Hall–Kier alpha value is -3.59. The zero-order valence-electron chi connectivity index (χ0n) is 18.4. The number of hydrazine groups is 1. The van der Waals surface area contributed by atoms with Crippen LogP contribution in [0.15, 0.2) is 84.4 Å². The van der Waals surface area contributed by atoms with Crippen LogP contribution in [0.2, 0.25) is 0 Å². The summed E-state index contributed by atoms with van der Waals surface area (Å²) >= 11 is 1.72. The van der Waals surface area contributed by atoms with Gasteiger partial charge in [-0.05, 0) is 53.8 Å². The summed E-state index contributed by atoms with van der Waals surface area (Å²) in [4.78, 5) is 11.6. The molecule has 0 radical (unpaired) electrons. The first-order valence-corrected chi connectivity index (χ1v) is 11.2. The lowest BCUT2D eigenvalue weighted by Crippen LogP contribution is -2.15. The van der Waals surface area contributed by atoms with Crippen molar-refractivity contribution in [3.63, 3.8) is 0 Å². The molecule has 0 saturated heterocycles. The van der Waals surface area contributed by atoms with Crippen LogP contribution in [0.1, 0.15) is 16.9 Å². The summed E-state index contributed by atoms with van der Waals surface area (Å²) in [7, 11) is 0. The molecule has 8 heteroatoms. The fraction of sp³-hybridized carbons (Fsp3) is 0.160. The van der Waals surface area contributed by atoms with Gasteiger partial charge in [-0.25, -0.2) is 0 Å². The number of hydrogen-bond donors (Lipinski definition) is 5. The van der Waals surface area contributed by atoms with Crippen LogP contribution >= 0.6 is 11.3 Å². The maximum absolute atomic E-state index is 10.3. The predicted molar refractivity (Wildman–Crippen MR) is 135 cm³/mol. The van der Waals surface area contributed by atoms with E-state index in [1.807, 2.05) is 30.3 Å². The lowest BCUT2D eigenvalue weighted by Gasteiger charge is -2.07. The lowest BCUT2D eigenvalue weighted by molar-refractivity contribution is -0.105. The highest BCUT2D eigenvalue weighted by molar-refractivity contribution is 7.09. The second-order valence-electron chi connectivity index (χ2n) is 7.06. The molecule has 174 valence electrons. The van der Waals surface area contributed by atoms with E-state index in [1.165, 1.54) is 4.88 Å². The van der Waals surface area contributed by atoms with E-state index < -0.39 is 0 Å². The second kappa shape index (κ2) is 13.7. The highest BCUT2D eigenvalue weighted by atomic mass is 32.1. The summed E-state index contributed by atoms with van der Waals surface area (Å²) in [5.74, 6) is 9.86. The first-order valence-electron chi connectivity index (χ1n) is 10.3. The van der Waals surface area contributed by atoms with E-state index in [0.717, 1.165) is 47.7 Å². The summed E-state index contributed by atoms with van der Waals surface area (Å²) in [6.45, 7) is 8.92. The zero-order valence-corrected chi connectivity index (χ0v) is 19.2. The molecule has 3 aromatic rings. The third-order valence-corrected chi connectivity index (χ3v) is 5.45. The first-order chi connectivity index (χ1) is 16.0. The Bertz CT molecular complexity index is 1050. The minimum Gasteiger partial charge on any atom is -0.508 e. The minimum atomic E-state index is 0.259. The number of hydrogen-bond acceptors (Lipinski definition) is 8. The number of phenolic OH excluding ortho intramolecular Hbond substituents is 1. The average Bonchev–Trinajstić information content (AvgIpc) is 3.27. The van der Waals surface area contributed by atoms with Crippen molar-refractivity contribution in [1.82, 2.24) is 5.32 Å². The largest absolute Gasteiger partial charge is 0.508 e. The molecular formula is C25H30N4O3S. The molecule has 7 nitrogen and oxygen atoms in total. The Morgan fingerprint density at radius 1 is 1.15 bits per heavy atom. The number of carbonyl (C=O) groups excluding carboxylic acids is 1. The van der Waals surface area contributed by atoms with E-state index in [9.17, 15) is 9.90 Å². The Morgan fingerprint density at radius 2 is 1.94 bits per heavy atom. The van der Waals surface area contributed by atoms with Crippen LogP contribution in [0.5, 0.6) is 17.2 Å². The molecule has 0 aliphatic carbocycles. The smallest absolute Gasteiger partial charge is 0.150 e. The standard InChI is InChI=1S/C13H11NO2.C12H15NOS.H4N2/c15-10-5-6-12-9(7-10)8-14-11-3-1-2-4-13(11)16-12;1-10(9-14)5-6-13-11(2)8-12-4-3-7-15-12;1-2/h1-7,14-15H,8H2;3-4,7,9,13H,1-2,5-6,8H2;1-2H2. The number of rotatable bonds is 7. The van der Waals surface area contributed by atoms with Crippen LogP contribution in [0.25, 0.3) is 0 Å². The van der Waals surface area contributed by atoms with Crippen molar-refractivity contribution in [2.45, 2.75) is 19.4 Å². The molecule has 0 spiro atoms. The van der Waals surface area contributed by atoms with Gasteiger partial charge >= 0.3 is 0 Å². The number of para-hydroxylation sites is 2. The highest BCUT2D eigenvalue weighted by Gasteiger charge is 2.13. The fourth-order valence-electron chi connectivity index (χ4n) is 2.96. The summed E-state index contributed by atoms with van der Waals surface area (Å²) < 4.78 is 5.78. The molecule has 0 saturated carbocycles. The molecule has 0 bridgehead atoms. The molecule has 2 heterocycles. The molecule has 7 N–H and O–H groups in total. The third-order valence-electron chi connectivity index (χ3n) is 4.58. The first kappa shape index (κ1) is 25.7. The number of allylic oxidation sites excluding steroid dienone is 1. The molecule has 33 heavy (non-hydrogen) atoms. The van der Waals surface area contributed by atoms with E-state index in [4.69, 9.17) is 4.74 Å². The third kappa shape index (κ3) is 8.46. The molecule has 4 rings (SSSR count). The van der Waals surface area contributed by atoms with Gasteiger partial charge in [-0.1, -0.05) is 31.4 Å². The highest BCUT2D eigenvalue weighted by Crippen LogP contribution is 2.36. The van der Waals surface area contributed by atoms with Crippen molar-refractivity contribution in [3.05, 3.63) is 94.8 Å². The quantitative estimate of drug-likeness (QED) is 0.151. The molecular weight excluding hydrogens is 436 g/mol. The molecule has 1 aliphatic heterocycles. The van der Waals surface area contributed by atoms with Crippen LogP contribution in [-0.4, -0.2) is 17.9 Å². The van der Waals surface area contributed by atoms with Gasteiger partial charge in [-0.15, -0.1) is 11.3 Å². The number of nitrogens with one attached hydrogen (secondary N) is 2. The van der Waals surface area contributed by atoms with Crippen molar-refractivity contribution in [2.75, 3.05) is 11.9 Å². The molecule has 0 fully saturated rings. The molecule has 0 atom stereocenters. The average molecular weight is 467 g/mol. The normalized spacial score (nSPS) is 10.7. The Labute approximate surface area is 198 Å². The van der Waals surface area contributed by atoms with Gasteiger partial charge in [-0.3, -0.25) is 16.5 Å². The van der Waals surface area contributed by atoms with E-state index in [-0.39, 0.29) is 5.75 Å². The number of nitrogens with two attached hydrogens (primary N) is 2. The second-order valence-corrected chi connectivity index (χ2v) is 8.09. The molecule has 1 aromatic heterocycles. The number of thiophene rings is 1. The molecule has 0 amide bonds. The van der Waals surface area contributed by atoms with Crippen molar-refractivity contribution in [1.29, 1.82) is 0 Å². The number of anilines is 1. The predicted octanol–water partition coefficient (Wildman–Crippen LogP) is 4.47. The fourth-order valence-corrected chi connectivity index (χ4v) is 3.71. The summed E-state index contributed by atoms with van der Waals surface area (Å²) in [6, 6.07) is 17.0. The Balaban J connectivity index is 0.000000218. The van der Waals surface area contributed by atoms with Crippen LogP contribution < -0.4 is 27.1 Å². The summed E-state index contributed by atoms with van der Waals surface area (Å²) in [5.41, 5.74) is 3.52. The number of benzene rings is 2. The number of aldehydes is 1. The van der Waals surface area contributed by atoms with E-state index >= 15 is 0 Å². The summed E-state index contributed by atoms with van der Waals surface area (Å²) in [6.07, 6.45) is 2.32. The Morgan fingerprint density at radius 3 is 2.67 bits per heavy atom. The van der Waals surface area contributed by atoms with Crippen LogP contribution in [0.3, 0.4) is 0 Å². The van der Waals surface area contributed by atoms with Gasteiger partial charge in [0.1, 0.15) is 17.8 Å². The van der Waals surface area contributed by atoms with E-state index in [0.29, 0.717) is 18.5 Å². The van der Waals surface area contributed by atoms with Gasteiger partial charge in [0.15, 0.2) is 5.75 Å². The number of phenols is 1. The SMILES string of the molecule is C=C(C=O)CCNC(=C)Cc1cccs1.NN.Oc1ccc2c(c1)CNc1ccccc1O2. The Kier molecular flexibility index (Phi) is 10.7. The van der Waals surface area contributed by atoms with Crippen LogP contribution in [0.4, 0.5) is 5.69 Å². The van der Waals surface area contributed by atoms with Crippen LogP contribution in [-0.2, 0) is 17.8 Å². The molecule has 2 aromatic carbocycles. The van der Waals surface area contributed by atoms with E-state index in [2.05, 4.69) is 46.9 Å². The minimum absolute atomic E-state index is 0.259. The van der Waals surface area contributed by atoms with E-state index in [1.54, 1.807) is 29.5 Å². The van der Waals surface area contributed by atoms with Gasteiger partial charge in [0, 0.05) is 35.6 Å². The van der Waals surface area contributed by atoms with Crippen LogP contribution in [0, 0.1) is 0 Å². The molecule has 1 aliphatic rings. The number of fused-ring (bicyclic) bond motifs is 2. The van der Waals surface area contributed by atoms with Crippen molar-refractivity contribution >= 4 is 23.3 Å². The van der Waals surface area contributed by atoms with Gasteiger partial charge in [0.05, 0.1) is 5.69 Å². The maximum atomic E-state index is 10.3. The van der Waals surface area contributed by atoms with Gasteiger partial charge in [0.2, 0.25) is 0 Å². The number of ether oxygens (including phenoxy) is 1. The number of carbonyl (C=O) groups is 1. The summed E-state index contributed by atoms with van der Waals surface area (Å²) in [5, 5.41) is 17.9. The van der Waals surface area contributed by atoms with Crippen molar-refractivity contribution < 1.29 is 14.6 Å². The zero-order chi connectivity index (χ0) is 24.1. The van der Waals surface area contributed by atoms with Gasteiger partial charge < -0.3 is 20.5 Å².